The number of aromatic nitrogens is 2. The van der Waals surface area contributed by atoms with E-state index in [0.29, 0.717) is 11.5 Å². The molecule has 0 aliphatic carbocycles. The Morgan fingerprint density at radius 1 is 0.656 bits per heavy atom. The van der Waals surface area contributed by atoms with Crippen molar-refractivity contribution in [3.8, 4) is 17.3 Å². The molecule has 0 N–H and O–H groups in total. The molecule has 0 spiro atoms. The Balaban J connectivity index is 0.00000484. The zero-order chi connectivity index (χ0) is 42.8. The Morgan fingerprint density at radius 3 is 2.11 bits per heavy atom. The fraction of sp³-hybridized carbons (Fsp3) is 0.107. The molecule has 8 aromatic rings. The molecule has 64 heavy (non-hydrogen) atoms. The molecule has 0 amide bonds. The zero-order valence-electron chi connectivity index (χ0n) is 36.4. The van der Waals surface area contributed by atoms with Crippen molar-refractivity contribution in [2.45, 2.75) is 40.0 Å². The van der Waals surface area contributed by atoms with Crippen molar-refractivity contribution >= 4 is 56.9 Å². The molecular weight excluding hydrogens is 965 g/mol. The molecule has 8 heteroatoms. The van der Waals surface area contributed by atoms with Gasteiger partial charge >= 0.3 is 6.85 Å². The summed E-state index contributed by atoms with van der Waals surface area (Å²) in [5, 5.41) is 2.23. The molecule has 0 unspecified atom stereocenters. The van der Waals surface area contributed by atoms with E-state index in [0.717, 1.165) is 67.2 Å². The van der Waals surface area contributed by atoms with Crippen LogP contribution in [-0.2, 0) is 26.5 Å². The normalized spacial score (nSPS) is 14.5. The van der Waals surface area contributed by atoms with Gasteiger partial charge < -0.3 is 23.9 Å². The van der Waals surface area contributed by atoms with Gasteiger partial charge in [0.05, 0.1) is 5.82 Å². The fourth-order valence-electron chi connectivity index (χ4n) is 8.88. The van der Waals surface area contributed by atoms with Crippen LogP contribution in [0.15, 0.2) is 182 Å². The largest absolute Gasteiger partial charge is 0.509 e. The fourth-order valence-corrected chi connectivity index (χ4v) is 8.88. The summed E-state index contributed by atoms with van der Waals surface area (Å²) in [5.41, 5.74) is 13.3. The van der Waals surface area contributed by atoms with Crippen molar-refractivity contribution in [1.82, 2.24) is 14.4 Å². The van der Waals surface area contributed by atoms with E-state index in [2.05, 4.69) is 224 Å². The van der Waals surface area contributed by atoms with Crippen LogP contribution in [0.3, 0.4) is 0 Å². The topological polar surface area (TPSA) is 36.8 Å². The summed E-state index contributed by atoms with van der Waals surface area (Å²) >= 11 is 0. The van der Waals surface area contributed by atoms with Gasteiger partial charge in [-0.1, -0.05) is 140 Å². The molecular formula is C56H45BN5OPt-3. The summed E-state index contributed by atoms with van der Waals surface area (Å²) in [6.07, 6.45) is 8.72. The number of nitrogens with zero attached hydrogens (tertiary/aromatic N) is 5. The van der Waals surface area contributed by atoms with Gasteiger partial charge in [0, 0.05) is 67.4 Å². The van der Waals surface area contributed by atoms with Crippen LogP contribution in [0.5, 0.6) is 11.5 Å². The summed E-state index contributed by atoms with van der Waals surface area (Å²) in [4.78, 5) is 11.8. The van der Waals surface area contributed by atoms with Crippen LogP contribution in [0, 0.1) is 32.6 Å². The third kappa shape index (κ3) is 7.38. The molecule has 0 atom stereocenters. The maximum absolute atomic E-state index is 6.66. The van der Waals surface area contributed by atoms with Crippen molar-refractivity contribution in [2.24, 2.45) is 0 Å². The van der Waals surface area contributed by atoms with Gasteiger partial charge in [-0.2, -0.15) is 12.1 Å². The van der Waals surface area contributed by atoms with Crippen LogP contribution in [0.4, 0.5) is 17.1 Å². The number of pyridine rings is 1. The molecule has 11 rings (SSSR count). The first-order valence-corrected chi connectivity index (χ1v) is 21.6. The number of anilines is 3. The second kappa shape index (κ2) is 16.4. The standard InChI is InChI=1S/C56H45BN5O.Pt/c1-38-17-21-40(22-18-38)42-27-30-57-31-28-47(41-23-19-39(2)20-24-41)55(61(57)36-42)60-37-59(51-15-8-9-16-52(51)60)44-11-10-12-45(34-44)63-46-25-26-49-48-13-6-7-14-50(48)62(53(49)35-46)54-33-43(29-32-58-54)56(3,4)5;/h6-33,36-37H,1-5H3;/q-3;. The molecule has 0 saturated carbocycles. The van der Waals surface area contributed by atoms with Crippen LogP contribution in [0.2, 0.25) is 0 Å². The molecule has 2 aromatic heterocycles. The molecule has 0 saturated heterocycles. The molecule has 0 fully saturated rings. The molecule has 0 radical (unpaired) electrons. The van der Waals surface area contributed by atoms with Crippen molar-refractivity contribution in [3.63, 3.8) is 0 Å². The number of para-hydroxylation sites is 3. The van der Waals surface area contributed by atoms with Gasteiger partial charge in [0.25, 0.3) is 0 Å². The molecule has 3 aliphatic rings. The molecule has 316 valence electrons. The van der Waals surface area contributed by atoms with Crippen LogP contribution in [0.25, 0.3) is 38.8 Å². The molecule has 6 nitrogen and oxygen atoms in total. The third-order valence-electron chi connectivity index (χ3n) is 12.3. The average molecular weight is 1010 g/mol. The zero-order valence-corrected chi connectivity index (χ0v) is 38.6. The van der Waals surface area contributed by atoms with Gasteiger partial charge in [-0.3, -0.25) is 0 Å². The van der Waals surface area contributed by atoms with E-state index in [9.17, 15) is 0 Å². The van der Waals surface area contributed by atoms with E-state index >= 15 is 0 Å². The number of benzene rings is 6. The van der Waals surface area contributed by atoms with E-state index in [1.54, 1.807) is 0 Å². The van der Waals surface area contributed by atoms with E-state index in [1.165, 1.54) is 22.3 Å². The number of allylic oxidation sites excluding steroid dienone is 4. The van der Waals surface area contributed by atoms with Gasteiger partial charge in [0.2, 0.25) is 0 Å². The summed E-state index contributed by atoms with van der Waals surface area (Å²) in [6.45, 7) is 13.2. The van der Waals surface area contributed by atoms with Crippen molar-refractivity contribution < 1.29 is 25.8 Å². The molecule has 5 heterocycles. The Kier molecular flexibility index (Phi) is 10.6. The number of fused-ring (bicyclic) bond motifs is 5. The monoisotopic (exact) mass is 1010 g/mol. The van der Waals surface area contributed by atoms with Crippen LogP contribution in [-0.4, -0.2) is 21.2 Å². The van der Waals surface area contributed by atoms with Gasteiger partial charge in [-0.05, 0) is 77.2 Å². The summed E-state index contributed by atoms with van der Waals surface area (Å²) in [6, 6.07) is 56.3. The van der Waals surface area contributed by atoms with Crippen molar-refractivity contribution in [2.75, 3.05) is 9.80 Å². The Labute approximate surface area is 390 Å². The van der Waals surface area contributed by atoms with Gasteiger partial charge in [0.1, 0.15) is 5.82 Å². The van der Waals surface area contributed by atoms with Crippen LogP contribution < -0.4 is 14.5 Å². The van der Waals surface area contributed by atoms with E-state index in [1.807, 2.05) is 24.4 Å². The van der Waals surface area contributed by atoms with Gasteiger partial charge in [-0.25, -0.2) is 4.98 Å². The predicted molar refractivity (Wildman–Crippen MR) is 260 cm³/mol. The van der Waals surface area contributed by atoms with Crippen molar-refractivity contribution in [1.29, 1.82) is 0 Å². The Bertz CT molecular complexity index is 3210. The maximum Gasteiger partial charge on any atom is 0.314 e. The smallest absolute Gasteiger partial charge is 0.314 e. The third-order valence-corrected chi connectivity index (χ3v) is 12.3. The van der Waals surface area contributed by atoms with Crippen molar-refractivity contribution in [3.05, 3.63) is 228 Å². The second-order valence-corrected chi connectivity index (χ2v) is 17.6. The minimum atomic E-state index is -0.0248. The summed E-state index contributed by atoms with van der Waals surface area (Å²) in [7, 11) is 0. The number of hydrogen-bond donors (Lipinski definition) is 0. The number of rotatable bonds is 7. The summed E-state index contributed by atoms with van der Waals surface area (Å²) in [5.74, 6) is 7.70. The SMILES string of the molecule is Cc1ccc(C2=CN3B(C=C2)C=CC(c2ccc(C)cc2)=C3N2[CH-]N(c3[c-]c(Oc4[c-]c5c(cc4)c4ccccc4n5-c4cc(C(C)(C)C)ccn4)ccc3)c3ccccc32)cc1.[Pt]. The van der Waals surface area contributed by atoms with E-state index in [-0.39, 0.29) is 33.3 Å². The van der Waals surface area contributed by atoms with Crippen LogP contribution >= 0.6 is 0 Å². The first-order chi connectivity index (χ1) is 30.7. The number of aryl methyl sites for hydroxylation is 2. The number of hydrogen-bond acceptors (Lipinski definition) is 5. The quantitative estimate of drug-likeness (QED) is 0.117. The Hall–Kier alpha value is -6.82. The molecule has 3 aliphatic heterocycles. The molecule has 0 bridgehead atoms. The Morgan fingerprint density at radius 2 is 1.34 bits per heavy atom. The predicted octanol–water partition coefficient (Wildman–Crippen LogP) is 13.5. The number of ether oxygens (including phenoxy) is 1. The first-order valence-electron chi connectivity index (χ1n) is 21.6. The molecule has 6 aromatic carbocycles. The van der Waals surface area contributed by atoms with E-state index in [4.69, 9.17) is 9.72 Å². The minimum Gasteiger partial charge on any atom is -0.509 e. The van der Waals surface area contributed by atoms with E-state index < -0.39 is 0 Å². The summed E-state index contributed by atoms with van der Waals surface area (Å²) < 4.78 is 8.85. The van der Waals surface area contributed by atoms with Gasteiger partial charge in [-0.15, -0.1) is 48.1 Å². The minimum absolute atomic E-state index is 0. The first kappa shape index (κ1) is 41.2. The average Bonchev–Trinajstić information content (AvgIpc) is 3.85. The maximum atomic E-state index is 6.66. The van der Waals surface area contributed by atoms with Crippen LogP contribution in [0.1, 0.15) is 48.6 Å². The second-order valence-electron chi connectivity index (χ2n) is 17.6. The van der Waals surface area contributed by atoms with Gasteiger partial charge in [0.15, 0.2) is 0 Å².